The van der Waals surface area contributed by atoms with Crippen molar-refractivity contribution in [2.75, 3.05) is 0 Å². The first-order chi connectivity index (χ1) is 9.54. The molecule has 0 bridgehead atoms. The molecule has 0 aliphatic heterocycles. The molecule has 2 aromatic carbocycles. The Kier molecular flexibility index (Phi) is 5.82. The van der Waals surface area contributed by atoms with E-state index in [9.17, 15) is 0 Å². The van der Waals surface area contributed by atoms with Crippen LogP contribution in [0.4, 0.5) is 0 Å². The van der Waals surface area contributed by atoms with Crippen LogP contribution in [0.1, 0.15) is 31.0 Å². The fourth-order valence-corrected chi connectivity index (χ4v) is 2.84. The van der Waals surface area contributed by atoms with Crippen molar-refractivity contribution in [2.24, 2.45) is 0 Å². The molecule has 2 rings (SSSR count). The average Bonchev–Trinajstić information content (AvgIpc) is 2.42. The van der Waals surface area contributed by atoms with Gasteiger partial charge in [0.1, 0.15) is 0 Å². The first-order valence-corrected chi connectivity index (χ1v) is 8.39. The molecule has 3 heteroatoms. The third kappa shape index (κ3) is 4.72. The van der Waals surface area contributed by atoms with Gasteiger partial charge in [-0.1, -0.05) is 56.1 Å². The molecule has 106 valence electrons. The van der Waals surface area contributed by atoms with E-state index in [4.69, 9.17) is 0 Å². The van der Waals surface area contributed by atoms with Gasteiger partial charge in [-0.2, -0.15) is 0 Å². The van der Waals surface area contributed by atoms with Crippen LogP contribution in [0.5, 0.6) is 0 Å². The quantitative estimate of drug-likeness (QED) is 0.704. The molecule has 0 radical (unpaired) electrons. The Morgan fingerprint density at radius 2 is 1.35 bits per heavy atom. The van der Waals surface area contributed by atoms with E-state index in [0.717, 1.165) is 15.4 Å². The molecule has 2 aromatic rings. The molecular weight excluding hydrogens is 378 g/mol. The van der Waals surface area contributed by atoms with E-state index >= 15 is 0 Å². The van der Waals surface area contributed by atoms with Gasteiger partial charge in [0.15, 0.2) is 0 Å². The number of rotatable bonds is 5. The maximum absolute atomic E-state index is 3.65. The third-order valence-electron chi connectivity index (χ3n) is 3.36. The molecule has 20 heavy (non-hydrogen) atoms. The SMILES string of the molecule is CC(Cc1ccc(Br)cc1)NC(C)c1ccc(Br)cc1. The van der Waals surface area contributed by atoms with Gasteiger partial charge in [0.2, 0.25) is 0 Å². The van der Waals surface area contributed by atoms with Crippen LogP contribution in [-0.4, -0.2) is 6.04 Å². The summed E-state index contributed by atoms with van der Waals surface area (Å²) in [4.78, 5) is 0. The lowest BCUT2D eigenvalue weighted by atomic mass is 10.0. The van der Waals surface area contributed by atoms with Crippen LogP contribution in [-0.2, 0) is 6.42 Å². The molecule has 2 unspecified atom stereocenters. The van der Waals surface area contributed by atoms with Crippen LogP contribution in [0.3, 0.4) is 0 Å². The minimum atomic E-state index is 0.355. The third-order valence-corrected chi connectivity index (χ3v) is 4.42. The maximum atomic E-state index is 3.65. The minimum absolute atomic E-state index is 0.355. The summed E-state index contributed by atoms with van der Waals surface area (Å²) in [7, 11) is 0. The van der Waals surface area contributed by atoms with E-state index < -0.39 is 0 Å². The molecule has 0 saturated carbocycles. The van der Waals surface area contributed by atoms with E-state index in [1.165, 1.54) is 11.1 Å². The van der Waals surface area contributed by atoms with Gasteiger partial charge in [0.25, 0.3) is 0 Å². The van der Waals surface area contributed by atoms with Crippen LogP contribution >= 0.6 is 31.9 Å². The fourth-order valence-electron chi connectivity index (χ4n) is 2.31. The van der Waals surface area contributed by atoms with E-state index in [1.807, 2.05) is 0 Å². The predicted molar refractivity (Wildman–Crippen MR) is 93.0 cm³/mol. The van der Waals surface area contributed by atoms with Crippen LogP contribution < -0.4 is 5.32 Å². The molecule has 0 aliphatic carbocycles. The highest BCUT2D eigenvalue weighted by Gasteiger charge is 2.10. The van der Waals surface area contributed by atoms with Crippen molar-refractivity contribution in [1.82, 2.24) is 5.32 Å². The molecule has 0 aromatic heterocycles. The summed E-state index contributed by atoms with van der Waals surface area (Å²) in [5.41, 5.74) is 2.67. The standard InChI is InChI=1S/C17H19Br2N/c1-12(11-14-3-7-16(18)8-4-14)20-13(2)15-5-9-17(19)10-6-15/h3-10,12-13,20H,11H2,1-2H3. The molecule has 0 spiro atoms. The Labute approximate surface area is 138 Å². The van der Waals surface area contributed by atoms with E-state index in [1.54, 1.807) is 0 Å². The van der Waals surface area contributed by atoms with Gasteiger partial charge in [-0.05, 0) is 55.7 Å². The van der Waals surface area contributed by atoms with Gasteiger partial charge in [0, 0.05) is 21.0 Å². The van der Waals surface area contributed by atoms with Crippen molar-refractivity contribution in [1.29, 1.82) is 0 Å². The summed E-state index contributed by atoms with van der Waals surface area (Å²) in [5.74, 6) is 0. The predicted octanol–water partition coefficient (Wildman–Crippen LogP) is 5.49. The number of halogens is 2. The van der Waals surface area contributed by atoms with Crippen molar-refractivity contribution in [3.05, 3.63) is 68.6 Å². The second-order valence-electron chi connectivity index (χ2n) is 5.17. The van der Waals surface area contributed by atoms with Crippen molar-refractivity contribution >= 4 is 31.9 Å². The van der Waals surface area contributed by atoms with Crippen LogP contribution in [0, 0.1) is 0 Å². The zero-order valence-corrected chi connectivity index (χ0v) is 14.9. The Bertz CT molecular complexity index is 534. The number of benzene rings is 2. The molecular formula is C17H19Br2N. The summed E-state index contributed by atoms with van der Waals surface area (Å²) in [6.45, 7) is 4.44. The van der Waals surface area contributed by atoms with E-state index in [-0.39, 0.29) is 0 Å². The monoisotopic (exact) mass is 395 g/mol. The Hall–Kier alpha value is -0.640. The van der Waals surface area contributed by atoms with Crippen LogP contribution in [0.2, 0.25) is 0 Å². The number of nitrogens with one attached hydrogen (secondary N) is 1. The zero-order valence-electron chi connectivity index (χ0n) is 11.7. The Morgan fingerprint density at radius 3 is 1.90 bits per heavy atom. The van der Waals surface area contributed by atoms with E-state index in [2.05, 4.69) is 99.6 Å². The van der Waals surface area contributed by atoms with Crippen LogP contribution in [0.25, 0.3) is 0 Å². The molecule has 1 N–H and O–H groups in total. The fraction of sp³-hybridized carbons (Fsp3) is 0.294. The van der Waals surface area contributed by atoms with Crippen molar-refractivity contribution < 1.29 is 0 Å². The Morgan fingerprint density at radius 1 is 0.850 bits per heavy atom. The van der Waals surface area contributed by atoms with Gasteiger partial charge in [0.05, 0.1) is 0 Å². The lowest BCUT2D eigenvalue weighted by Crippen LogP contribution is -2.30. The molecule has 0 fully saturated rings. The molecule has 0 heterocycles. The molecule has 0 aliphatic rings. The highest BCUT2D eigenvalue weighted by atomic mass is 79.9. The van der Waals surface area contributed by atoms with Gasteiger partial charge < -0.3 is 5.32 Å². The van der Waals surface area contributed by atoms with E-state index in [0.29, 0.717) is 12.1 Å². The second-order valence-corrected chi connectivity index (χ2v) is 7.00. The minimum Gasteiger partial charge on any atom is -0.307 e. The molecule has 1 nitrogen and oxygen atoms in total. The van der Waals surface area contributed by atoms with Crippen molar-refractivity contribution in [3.63, 3.8) is 0 Å². The summed E-state index contributed by atoms with van der Waals surface area (Å²) < 4.78 is 2.25. The number of hydrogen-bond acceptors (Lipinski definition) is 1. The summed E-state index contributed by atoms with van der Waals surface area (Å²) in [6.07, 6.45) is 1.04. The highest BCUT2D eigenvalue weighted by molar-refractivity contribution is 9.10. The lowest BCUT2D eigenvalue weighted by molar-refractivity contribution is 0.477. The van der Waals surface area contributed by atoms with Gasteiger partial charge >= 0.3 is 0 Å². The second kappa shape index (κ2) is 7.39. The molecule has 0 amide bonds. The topological polar surface area (TPSA) is 12.0 Å². The molecule has 2 atom stereocenters. The highest BCUT2D eigenvalue weighted by Crippen LogP contribution is 2.18. The summed E-state index contributed by atoms with van der Waals surface area (Å²) >= 11 is 6.94. The van der Waals surface area contributed by atoms with Crippen LogP contribution in [0.15, 0.2) is 57.5 Å². The summed E-state index contributed by atoms with van der Waals surface area (Å²) in [5, 5.41) is 3.65. The summed E-state index contributed by atoms with van der Waals surface area (Å²) in [6, 6.07) is 17.8. The Balaban J connectivity index is 1.92. The van der Waals surface area contributed by atoms with Crippen molar-refractivity contribution in [2.45, 2.75) is 32.4 Å². The first kappa shape index (κ1) is 15.7. The average molecular weight is 397 g/mol. The number of hydrogen-bond donors (Lipinski definition) is 1. The maximum Gasteiger partial charge on any atom is 0.0294 e. The normalized spacial score (nSPS) is 14.0. The van der Waals surface area contributed by atoms with Gasteiger partial charge in [-0.15, -0.1) is 0 Å². The largest absolute Gasteiger partial charge is 0.307 e. The van der Waals surface area contributed by atoms with Gasteiger partial charge in [-0.3, -0.25) is 0 Å². The lowest BCUT2D eigenvalue weighted by Gasteiger charge is -2.20. The first-order valence-electron chi connectivity index (χ1n) is 6.80. The zero-order chi connectivity index (χ0) is 14.5. The van der Waals surface area contributed by atoms with Gasteiger partial charge in [-0.25, -0.2) is 0 Å². The smallest absolute Gasteiger partial charge is 0.0294 e. The molecule has 0 saturated heterocycles. The van der Waals surface area contributed by atoms with Crippen molar-refractivity contribution in [3.8, 4) is 0 Å².